The number of carbonyl (C=O) groups excluding carboxylic acids is 1. The van der Waals surface area contributed by atoms with Crippen LogP contribution in [0.3, 0.4) is 0 Å². The molecule has 2 heterocycles. The van der Waals surface area contributed by atoms with E-state index in [-0.39, 0.29) is 11.8 Å². The van der Waals surface area contributed by atoms with Crippen LogP contribution in [0.5, 0.6) is 0 Å². The maximum atomic E-state index is 12.6. The summed E-state index contributed by atoms with van der Waals surface area (Å²) in [6, 6.07) is 7.00. The number of nitrogens with one attached hydrogen (secondary N) is 1. The van der Waals surface area contributed by atoms with Gasteiger partial charge >= 0.3 is 0 Å². The lowest BCUT2D eigenvalue weighted by atomic mass is 9.92. The Labute approximate surface area is 160 Å². The molecule has 1 amide bonds. The molecule has 0 bridgehead atoms. The molecule has 5 heteroatoms. The van der Waals surface area contributed by atoms with Crippen molar-refractivity contribution in [3.8, 4) is 0 Å². The highest BCUT2D eigenvalue weighted by Gasteiger charge is 2.28. The average Bonchev–Trinajstić information content (AvgIpc) is 3.12. The van der Waals surface area contributed by atoms with E-state index in [2.05, 4.69) is 35.3 Å². The molecule has 26 heavy (non-hydrogen) atoms. The SMILES string of the molecule is CCc1ccc2nc(N3CCC(C(=O)NC4CCCCC4)CC3)sc2c1. The summed E-state index contributed by atoms with van der Waals surface area (Å²) in [5.41, 5.74) is 2.46. The van der Waals surface area contributed by atoms with Crippen molar-refractivity contribution >= 4 is 32.6 Å². The van der Waals surface area contributed by atoms with Crippen LogP contribution in [-0.2, 0) is 11.2 Å². The minimum Gasteiger partial charge on any atom is -0.353 e. The molecule has 1 N–H and O–H groups in total. The van der Waals surface area contributed by atoms with Crippen molar-refractivity contribution in [1.82, 2.24) is 10.3 Å². The number of carbonyl (C=O) groups is 1. The van der Waals surface area contributed by atoms with Gasteiger partial charge in [0, 0.05) is 25.0 Å². The summed E-state index contributed by atoms with van der Waals surface area (Å²) in [5.74, 6) is 0.461. The third kappa shape index (κ3) is 3.88. The summed E-state index contributed by atoms with van der Waals surface area (Å²) in [6.07, 6.45) is 9.12. The molecule has 1 aliphatic heterocycles. The number of piperidine rings is 1. The van der Waals surface area contributed by atoms with Crippen LogP contribution in [0.2, 0.25) is 0 Å². The molecule has 1 saturated carbocycles. The molecule has 0 unspecified atom stereocenters. The van der Waals surface area contributed by atoms with Gasteiger partial charge in [0.25, 0.3) is 0 Å². The quantitative estimate of drug-likeness (QED) is 0.859. The largest absolute Gasteiger partial charge is 0.353 e. The van der Waals surface area contributed by atoms with Crippen molar-refractivity contribution in [3.05, 3.63) is 23.8 Å². The van der Waals surface area contributed by atoms with Crippen molar-refractivity contribution in [2.24, 2.45) is 5.92 Å². The molecule has 140 valence electrons. The minimum atomic E-state index is 0.175. The molecule has 1 aliphatic carbocycles. The molecule has 0 atom stereocenters. The minimum absolute atomic E-state index is 0.175. The van der Waals surface area contributed by atoms with E-state index in [1.807, 2.05) is 0 Å². The Balaban J connectivity index is 1.35. The summed E-state index contributed by atoms with van der Waals surface area (Å²) < 4.78 is 1.27. The van der Waals surface area contributed by atoms with Gasteiger partial charge < -0.3 is 10.2 Å². The van der Waals surface area contributed by atoms with Crippen LogP contribution in [0.4, 0.5) is 5.13 Å². The molecule has 4 rings (SSSR count). The topological polar surface area (TPSA) is 45.2 Å². The first kappa shape index (κ1) is 17.8. The number of aromatic nitrogens is 1. The van der Waals surface area contributed by atoms with Crippen LogP contribution in [0, 0.1) is 5.92 Å². The van der Waals surface area contributed by atoms with Crippen molar-refractivity contribution in [1.29, 1.82) is 0 Å². The molecule has 1 aromatic heterocycles. The number of amides is 1. The maximum absolute atomic E-state index is 12.6. The second kappa shape index (κ2) is 7.95. The van der Waals surface area contributed by atoms with Crippen molar-refractivity contribution < 1.29 is 4.79 Å². The van der Waals surface area contributed by atoms with E-state index in [0.717, 1.165) is 55.8 Å². The normalized spacial score (nSPS) is 19.8. The fraction of sp³-hybridized carbons (Fsp3) is 0.619. The molecule has 0 spiro atoms. The number of hydrogen-bond acceptors (Lipinski definition) is 4. The molecule has 2 aliphatic rings. The van der Waals surface area contributed by atoms with Gasteiger partial charge in [0.2, 0.25) is 5.91 Å². The fourth-order valence-electron chi connectivity index (χ4n) is 4.21. The molecule has 2 fully saturated rings. The first-order chi connectivity index (χ1) is 12.7. The van der Waals surface area contributed by atoms with Gasteiger partial charge in [-0.25, -0.2) is 4.98 Å². The Bertz CT molecular complexity index is 758. The lowest BCUT2D eigenvalue weighted by Crippen LogP contribution is -2.44. The van der Waals surface area contributed by atoms with Crippen LogP contribution in [0.1, 0.15) is 57.4 Å². The predicted octanol–water partition coefficient (Wildman–Crippen LogP) is 4.52. The van der Waals surface area contributed by atoms with Gasteiger partial charge in [0.15, 0.2) is 5.13 Å². The second-order valence-corrected chi connectivity index (χ2v) is 8.77. The lowest BCUT2D eigenvalue weighted by molar-refractivity contribution is -0.126. The van der Waals surface area contributed by atoms with Crippen molar-refractivity contribution in [2.45, 2.75) is 64.3 Å². The van der Waals surface area contributed by atoms with Gasteiger partial charge in [-0.15, -0.1) is 0 Å². The average molecular weight is 372 g/mol. The highest BCUT2D eigenvalue weighted by atomic mass is 32.1. The monoisotopic (exact) mass is 371 g/mol. The number of aryl methyl sites for hydroxylation is 1. The van der Waals surface area contributed by atoms with E-state index >= 15 is 0 Å². The zero-order valence-electron chi connectivity index (χ0n) is 15.7. The summed E-state index contributed by atoms with van der Waals surface area (Å²) >= 11 is 1.79. The molecule has 1 saturated heterocycles. The maximum Gasteiger partial charge on any atom is 0.223 e. The van der Waals surface area contributed by atoms with Crippen molar-refractivity contribution in [3.63, 3.8) is 0 Å². The lowest BCUT2D eigenvalue weighted by Gasteiger charge is -2.32. The van der Waals surface area contributed by atoms with Gasteiger partial charge in [-0.2, -0.15) is 0 Å². The fourth-order valence-corrected chi connectivity index (χ4v) is 5.29. The van der Waals surface area contributed by atoms with E-state index in [4.69, 9.17) is 4.98 Å². The van der Waals surface area contributed by atoms with Crippen LogP contribution in [-0.4, -0.2) is 30.0 Å². The van der Waals surface area contributed by atoms with Crippen LogP contribution < -0.4 is 10.2 Å². The van der Waals surface area contributed by atoms with Crippen LogP contribution in [0.15, 0.2) is 18.2 Å². The highest BCUT2D eigenvalue weighted by Crippen LogP contribution is 2.32. The smallest absolute Gasteiger partial charge is 0.223 e. The Hall–Kier alpha value is -1.62. The van der Waals surface area contributed by atoms with Gasteiger partial charge in [-0.3, -0.25) is 4.79 Å². The van der Waals surface area contributed by atoms with Gasteiger partial charge in [-0.05, 0) is 49.8 Å². The number of hydrogen-bond donors (Lipinski definition) is 1. The van der Waals surface area contributed by atoms with E-state index in [1.54, 1.807) is 11.3 Å². The van der Waals surface area contributed by atoms with Crippen LogP contribution in [0.25, 0.3) is 10.2 Å². The molecular formula is C21H29N3OS. The second-order valence-electron chi connectivity index (χ2n) is 7.76. The third-order valence-electron chi connectivity index (χ3n) is 5.94. The van der Waals surface area contributed by atoms with Gasteiger partial charge in [0.1, 0.15) is 0 Å². The first-order valence-electron chi connectivity index (χ1n) is 10.2. The summed E-state index contributed by atoms with van der Waals surface area (Å²) in [7, 11) is 0. The van der Waals surface area contributed by atoms with E-state index in [0.29, 0.717) is 6.04 Å². The molecular weight excluding hydrogens is 342 g/mol. The number of nitrogens with zero attached hydrogens (tertiary/aromatic N) is 2. The predicted molar refractivity (Wildman–Crippen MR) is 109 cm³/mol. The highest BCUT2D eigenvalue weighted by molar-refractivity contribution is 7.22. The zero-order chi connectivity index (χ0) is 17.9. The van der Waals surface area contributed by atoms with Gasteiger partial charge in [-0.1, -0.05) is 43.6 Å². The Morgan fingerprint density at radius 3 is 2.69 bits per heavy atom. The van der Waals surface area contributed by atoms with E-state index in [1.165, 1.54) is 29.5 Å². The first-order valence-corrected chi connectivity index (χ1v) is 11.0. The number of anilines is 1. The molecule has 2 aromatic rings. The summed E-state index contributed by atoms with van der Waals surface area (Å²) in [6.45, 7) is 4.05. The summed E-state index contributed by atoms with van der Waals surface area (Å²) in [5, 5.41) is 4.42. The zero-order valence-corrected chi connectivity index (χ0v) is 16.5. The standard InChI is InChI=1S/C21H29N3OS/c1-2-15-8-9-18-19(14-15)26-21(23-18)24-12-10-16(11-13-24)20(25)22-17-6-4-3-5-7-17/h8-9,14,16-17H,2-7,10-13H2,1H3,(H,22,25). The Kier molecular flexibility index (Phi) is 5.44. The molecule has 0 radical (unpaired) electrons. The van der Waals surface area contributed by atoms with E-state index < -0.39 is 0 Å². The number of thiazole rings is 1. The van der Waals surface area contributed by atoms with Crippen LogP contribution >= 0.6 is 11.3 Å². The summed E-state index contributed by atoms with van der Waals surface area (Å²) in [4.78, 5) is 19.8. The van der Waals surface area contributed by atoms with E-state index in [9.17, 15) is 4.79 Å². The number of fused-ring (bicyclic) bond motifs is 1. The Morgan fingerprint density at radius 2 is 1.96 bits per heavy atom. The number of rotatable bonds is 4. The number of benzene rings is 1. The third-order valence-corrected chi connectivity index (χ3v) is 7.02. The van der Waals surface area contributed by atoms with Crippen molar-refractivity contribution in [2.75, 3.05) is 18.0 Å². The Morgan fingerprint density at radius 1 is 1.19 bits per heavy atom. The van der Waals surface area contributed by atoms with Gasteiger partial charge in [0.05, 0.1) is 10.2 Å². The molecule has 1 aromatic carbocycles. The molecule has 4 nitrogen and oxygen atoms in total.